The predicted molar refractivity (Wildman–Crippen MR) is 71.8 cm³/mol. The summed E-state index contributed by atoms with van der Waals surface area (Å²) in [4.78, 5) is 7.64. The van der Waals surface area contributed by atoms with Crippen molar-refractivity contribution in [2.45, 2.75) is 26.7 Å². The van der Waals surface area contributed by atoms with Crippen LogP contribution in [-0.2, 0) is 6.42 Å². The Morgan fingerprint density at radius 2 is 2.17 bits per heavy atom. The van der Waals surface area contributed by atoms with Gasteiger partial charge in [-0.3, -0.25) is 0 Å². The largest absolute Gasteiger partial charge is 0.342 e. The van der Waals surface area contributed by atoms with Crippen LogP contribution in [0.2, 0.25) is 0 Å². The highest BCUT2D eigenvalue weighted by atomic mass is 19.1. The zero-order valence-corrected chi connectivity index (χ0v) is 10.9. The Morgan fingerprint density at radius 3 is 2.83 bits per heavy atom. The van der Waals surface area contributed by atoms with E-state index in [1.807, 2.05) is 0 Å². The molecule has 1 aromatic heterocycles. The third-order valence-electron chi connectivity index (χ3n) is 3.11. The van der Waals surface area contributed by atoms with Gasteiger partial charge >= 0.3 is 0 Å². The Morgan fingerprint density at radius 1 is 1.39 bits per heavy atom. The summed E-state index contributed by atoms with van der Waals surface area (Å²) in [6, 6.07) is 4.61. The van der Waals surface area contributed by atoms with Gasteiger partial charge in [-0.2, -0.15) is 0 Å². The van der Waals surface area contributed by atoms with Gasteiger partial charge in [0.25, 0.3) is 0 Å². The quantitative estimate of drug-likeness (QED) is 0.856. The van der Waals surface area contributed by atoms with Crippen LogP contribution in [0, 0.1) is 17.7 Å². The molecular formula is C14H20FN3. The van der Waals surface area contributed by atoms with Gasteiger partial charge in [-0.15, -0.1) is 0 Å². The van der Waals surface area contributed by atoms with Crippen molar-refractivity contribution in [3.63, 3.8) is 0 Å². The van der Waals surface area contributed by atoms with E-state index >= 15 is 0 Å². The molecule has 0 aliphatic rings. The van der Waals surface area contributed by atoms with Crippen molar-refractivity contribution in [1.29, 1.82) is 0 Å². The summed E-state index contributed by atoms with van der Waals surface area (Å²) in [6.45, 7) is 5.04. The Kier molecular flexibility index (Phi) is 3.97. The molecule has 3 nitrogen and oxygen atoms in total. The molecular weight excluding hydrogens is 229 g/mol. The van der Waals surface area contributed by atoms with E-state index < -0.39 is 0 Å². The minimum Gasteiger partial charge on any atom is -0.342 e. The maximum Gasteiger partial charge on any atom is 0.125 e. The molecule has 3 N–H and O–H groups in total. The van der Waals surface area contributed by atoms with Gasteiger partial charge in [0.1, 0.15) is 11.6 Å². The molecule has 0 bridgehead atoms. The van der Waals surface area contributed by atoms with Crippen LogP contribution in [0.3, 0.4) is 0 Å². The van der Waals surface area contributed by atoms with Crippen LogP contribution in [0.15, 0.2) is 18.2 Å². The number of hydrogen-bond acceptors (Lipinski definition) is 2. The predicted octanol–water partition coefficient (Wildman–Crippen LogP) is 2.87. The number of nitrogens with zero attached hydrogens (tertiary/aromatic N) is 1. The summed E-state index contributed by atoms with van der Waals surface area (Å²) in [5.41, 5.74) is 7.35. The number of H-pyrrole nitrogens is 1. The SMILES string of the molecule is CC(C)CC(CN)Cc1nc2ccc(F)cc2[nH]1. The molecule has 1 unspecified atom stereocenters. The lowest BCUT2D eigenvalue weighted by atomic mass is 9.94. The monoisotopic (exact) mass is 249 g/mol. The number of benzene rings is 1. The molecule has 2 rings (SSSR count). The number of nitrogens with one attached hydrogen (secondary N) is 1. The maximum atomic E-state index is 13.1. The first-order valence-electron chi connectivity index (χ1n) is 6.42. The fourth-order valence-electron chi connectivity index (χ4n) is 2.33. The normalized spacial score (nSPS) is 13.4. The minimum atomic E-state index is -0.241. The van der Waals surface area contributed by atoms with Crippen LogP contribution in [0.25, 0.3) is 11.0 Å². The molecule has 0 aliphatic carbocycles. The summed E-state index contributed by atoms with van der Waals surface area (Å²) >= 11 is 0. The molecule has 1 atom stereocenters. The molecule has 1 aromatic carbocycles. The summed E-state index contributed by atoms with van der Waals surface area (Å²) in [7, 11) is 0. The standard InChI is InChI=1S/C14H20FN3/c1-9(2)5-10(8-16)6-14-17-12-4-3-11(15)7-13(12)18-14/h3-4,7,9-10H,5-6,8,16H2,1-2H3,(H,17,18). The van der Waals surface area contributed by atoms with Crippen LogP contribution >= 0.6 is 0 Å². The lowest BCUT2D eigenvalue weighted by Crippen LogP contribution is -2.19. The summed E-state index contributed by atoms with van der Waals surface area (Å²) < 4.78 is 13.1. The second-order valence-electron chi connectivity index (χ2n) is 5.28. The van der Waals surface area contributed by atoms with E-state index in [2.05, 4.69) is 23.8 Å². The summed E-state index contributed by atoms with van der Waals surface area (Å²) in [6.07, 6.45) is 1.91. The molecule has 0 amide bonds. The van der Waals surface area contributed by atoms with E-state index in [9.17, 15) is 4.39 Å². The third-order valence-corrected chi connectivity index (χ3v) is 3.11. The molecule has 0 spiro atoms. The zero-order valence-electron chi connectivity index (χ0n) is 10.9. The van der Waals surface area contributed by atoms with E-state index in [0.29, 0.717) is 18.4 Å². The van der Waals surface area contributed by atoms with Gasteiger partial charge < -0.3 is 10.7 Å². The van der Waals surface area contributed by atoms with Crippen molar-refractivity contribution in [3.8, 4) is 0 Å². The minimum absolute atomic E-state index is 0.241. The number of rotatable bonds is 5. The van der Waals surface area contributed by atoms with Gasteiger partial charge in [-0.25, -0.2) is 9.37 Å². The number of aromatic nitrogens is 2. The van der Waals surface area contributed by atoms with Crippen molar-refractivity contribution >= 4 is 11.0 Å². The average molecular weight is 249 g/mol. The fraction of sp³-hybridized carbons (Fsp3) is 0.500. The van der Waals surface area contributed by atoms with E-state index in [1.54, 1.807) is 6.07 Å². The highest BCUT2D eigenvalue weighted by molar-refractivity contribution is 5.74. The number of halogens is 1. The van der Waals surface area contributed by atoms with Gasteiger partial charge in [-0.05, 0) is 43.0 Å². The number of nitrogens with two attached hydrogens (primary N) is 1. The molecule has 98 valence electrons. The lowest BCUT2D eigenvalue weighted by molar-refractivity contribution is 0.410. The van der Waals surface area contributed by atoms with Crippen molar-refractivity contribution < 1.29 is 4.39 Å². The van der Waals surface area contributed by atoms with Crippen LogP contribution < -0.4 is 5.73 Å². The molecule has 0 saturated carbocycles. The Labute approximate surface area is 107 Å². The van der Waals surface area contributed by atoms with Crippen LogP contribution in [0.1, 0.15) is 26.1 Å². The Bertz CT molecular complexity index is 519. The summed E-state index contributed by atoms with van der Waals surface area (Å²) in [5, 5.41) is 0. The smallest absolute Gasteiger partial charge is 0.125 e. The Hall–Kier alpha value is -1.42. The van der Waals surface area contributed by atoms with E-state index in [-0.39, 0.29) is 5.82 Å². The van der Waals surface area contributed by atoms with Crippen molar-refractivity contribution in [2.75, 3.05) is 6.54 Å². The fourth-order valence-corrected chi connectivity index (χ4v) is 2.33. The number of hydrogen-bond donors (Lipinski definition) is 2. The molecule has 1 heterocycles. The highest BCUT2D eigenvalue weighted by Crippen LogP contribution is 2.18. The van der Waals surface area contributed by atoms with E-state index in [0.717, 1.165) is 29.7 Å². The Balaban J connectivity index is 2.15. The second-order valence-corrected chi connectivity index (χ2v) is 5.28. The van der Waals surface area contributed by atoms with Gasteiger partial charge in [0.2, 0.25) is 0 Å². The molecule has 0 fully saturated rings. The number of fused-ring (bicyclic) bond motifs is 1. The van der Waals surface area contributed by atoms with Crippen LogP contribution in [0.4, 0.5) is 4.39 Å². The maximum absolute atomic E-state index is 13.1. The van der Waals surface area contributed by atoms with Gasteiger partial charge in [0.05, 0.1) is 11.0 Å². The first-order valence-corrected chi connectivity index (χ1v) is 6.42. The van der Waals surface area contributed by atoms with Gasteiger partial charge in [0, 0.05) is 6.42 Å². The average Bonchev–Trinajstić information content (AvgIpc) is 2.68. The van der Waals surface area contributed by atoms with Crippen LogP contribution in [-0.4, -0.2) is 16.5 Å². The van der Waals surface area contributed by atoms with E-state index in [1.165, 1.54) is 12.1 Å². The third kappa shape index (κ3) is 3.07. The second kappa shape index (κ2) is 5.48. The molecule has 18 heavy (non-hydrogen) atoms. The van der Waals surface area contributed by atoms with Crippen molar-refractivity contribution in [2.24, 2.45) is 17.6 Å². The first-order chi connectivity index (χ1) is 8.58. The van der Waals surface area contributed by atoms with Gasteiger partial charge in [0.15, 0.2) is 0 Å². The lowest BCUT2D eigenvalue weighted by Gasteiger charge is -2.15. The van der Waals surface area contributed by atoms with E-state index in [4.69, 9.17) is 5.73 Å². The molecule has 2 aromatic rings. The van der Waals surface area contributed by atoms with Crippen molar-refractivity contribution in [3.05, 3.63) is 29.8 Å². The molecule has 0 saturated heterocycles. The molecule has 0 radical (unpaired) electrons. The number of aromatic amines is 1. The van der Waals surface area contributed by atoms with Crippen LogP contribution in [0.5, 0.6) is 0 Å². The highest BCUT2D eigenvalue weighted by Gasteiger charge is 2.13. The molecule has 0 aliphatic heterocycles. The zero-order chi connectivity index (χ0) is 13.1. The van der Waals surface area contributed by atoms with Gasteiger partial charge in [-0.1, -0.05) is 13.8 Å². The topological polar surface area (TPSA) is 54.7 Å². The number of imidazole rings is 1. The first kappa shape index (κ1) is 13.0. The summed E-state index contributed by atoms with van der Waals surface area (Å²) in [5.74, 6) is 1.71. The molecule has 4 heteroatoms. The van der Waals surface area contributed by atoms with Crippen molar-refractivity contribution in [1.82, 2.24) is 9.97 Å².